The third-order valence-electron chi connectivity index (χ3n) is 3.85. The Bertz CT molecular complexity index is 880. The number of H-pyrrole nitrogens is 1. The lowest BCUT2D eigenvalue weighted by Gasteiger charge is -2.05. The van der Waals surface area contributed by atoms with Gasteiger partial charge in [0, 0.05) is 22.0 Å². The van der Waals surface area contributed by atoms with Crippen LogP contribution in [0.4, 0.5) is 0 Å². The molecule has 0 radical (unpaired) electrons. The van der Waals surface area contributed by atoms with E-state index in [4.69, 9.17) is 16.3 Å². The topological polar surface area (TPSA) is 42.1 Å². The fraction of sp³-hybridized carbons (Fsp3) is 0.167. The Morgan fingerprint density at radius 1 is 1.18 bits per heavy atom. The zero-order valence-electron chi connectivity index (χ0n) is 12.7. The van der Waals surface area contributed by atoms with E-state index < -0.39 is 0 Å². The number of benzene rings is 2. The molecule has 1 heterocycles. The Balaban J connectivity index is 2.29. The zero-order valence-corrected chi connectivity index (χ0v) is 13.4. The van der Waals surface area contributed by atoms with Crippen LogP contribution < -0.4 is 4.74 Å². The van der Waals surface area contributed by atoms with Gasteiger partial charge in [-0.15, -0.1) is 0 Å². The summed E-state index contributed by atoms with van der Waals surface area (Å²) < 4.78 is 5.17. The Labute approximate surface area is 133 Å². The van der Waals surface area contributed by atoms with Gasteiger partial charge in [-0.1, -0.05) is 23.2 Å². The van der Waals surface area contributed by atoms with Gasteiger partial charge in [-0.25, -0.2) is 0 Å². The molecule has 0 aliphatic carbocycles. The van der Waals surface area contributed by atoms with Gasteiger partial charge < -0.3 is 9.72 Å². The first kappa shape index (κ1) is 14.7. The Kier molecular flexibility index (Phi) is 3.67. The second-order valence-electron chi connectivity index (χ2n) is 5.39. The molecule has 0 bridgehead atoms. The number of carbonyl (C=O) groups is 1. The summed E-state index contributed by atoms with van der Waals surface area (Å²) in [5.74, 6) is 0.612. The van der Waals surface area contributed by atoms with Crippen molar-refractivity contribution in [1.82, 2.24) is 4.98 Å². The van der Waals surface area contributed by atoms with Gasteiger partial charge in [0.25, 0.3) is 0 Å². The molecule has 1 N–H and O–H groups in total. The molecule has 0 aliphatic rings. The SMILES string of the molecule is COc1ccc(-c2[nH]c3c(C)cc(C)cc3c2C=O)cc1Cl. The van der Waals surface area contributed by atoms with Crippen molar-refractivity contribution in [2.24, 2.45) is 0 Å². The number of aromatic amines is 1. The lowest BCUT2D eigenvalue weighted by molar-refractivity contribution is 0.112. The van der Waals surface area contributed by atoms with Gasteiger partial charge in [0.05, 0.1) is 17.8 Å². The van der Waals surface area contributed by atoms with Crippen LogP contribution in [0.2, 0.25) is 5.02 Å². The van der Waals surface area contributed by atoms with Gasteiger partial charge in [-0.2, -0.15) is 0 Å². The minimum Gasteiger partial charge on any atom is -0.495 e. The highest BCUT2D eigenvalue weighted by Gasteiger charge is 2.15. The highest BCUT2D eigenvalue weighted by molar-refractivity contribution is 6.32. The average molecular weight is 314 g/mol. The first-order valence-electron chi connectivity index (χ1n) is 6.97. The monoisotopic (exact) mass is 313 g/mol. The van der Waals surface area contributed by atoms with Crippen LogP contribution in [0.1, 0.15) is 21.5 Å². The fourth-order valence-electron chi connectivity index (χ4n) is 2.84. The van der Waals surface area contributed by atoms with E-state index in [2.05, 4.69) is 11.1 Å². The van der Waals surface area contributed by atoms with Crippen LogP contribution in [0.25, 0.3) is 22.2 Å². The minimum absolute atomic E-state index is 0.517. The molecule has 2 aromatic carbocycles. The second-order valence-corrected chi connectivity index (χ2v) is 5.79. The van der Waals surface area contributed by atoms with Crippen molar-refractivity contribution in [3.05, 3.63) is 52.0 Å². The van der Waals surface area contributed by atoms with Gasteiger partial charge in [0.15, 0.2) is 6.29 Å². The van der Waals surface area contributed by atoms with E-state index in [-0.39, 0.29) is 0 Å². The summed E-state index contributed by atoms with van der Waals surface area (Å²) >= 11 is 6.20. The Morgan fingerprint density at radius 3 is 2.59 bits per heavy atom. The van der Waals surface area contributed by atoms with Crippen LogP contribution >= 0.6 is 11.6 Å². The number of methoxy groups -OCH3 is 1. The van der Waals surface area contributed by atoms with E-state index in [1.807, 2.05) is 26.0 Å². The van der Waals surface area contributed by atoms with Crippen molar-refractivity contribution in [3.63, 3.8) is 0 Å². The van der Waals surface area contributed by atoms with Crippen LogP contribution in [0.5, 0.6) is 5.75 Å². The molecule has 0 aliphatic heterocycles. The Hall–Kier alpha value is -2.26. The number of halogens is 1. The number of carbonyl (C=O) groups excluding carboxylic acids is 1. The molecule has 1 aromatic heterocycles. The molecule has 0 spiro atoms. The maximum Gasteiger partial charge on any atom is 0.152 e. The number of fused-ring (bicyclic) bond motifs is 1. The molecule has 4 heteroatoms. The van der Waals surface area contributed by atoms with Gasteiger partial charge in [0.1, 0.15) is 5.75 Å². The molecule has 0 saturated carbocycles. The fourth-order valence-corrected chi connectivity index (χ4v) is 3.10. The largest absolute Gasteiger partial charge is 0.495 e. The summed E-state index contributed by atoms with van der Waals surface area (Å²) in [5, 5.41) is 1.46. The number of hydrogen-bond donors (Lipinski definition) is 1. The van der Waals surface area contributed by atoms with Crippen molar-refractivity contribution < 1.29 is 9.53 Å². The molecule has 0 amide bonds. The number of aromatic nitrogens is 1. The summed E-state index contributed by atoms with van der Waals surface area (Å²) in [6.45, 7) is 4.06. The number of nitrogens with one attached hydrogen (secondary N) is 1. The summed E-state index contributed by atoms with van der Waals surface area (Å²) in [7, 11) is 1.58. The maximum absolute atomic E-state index is 11.6. The number of hydrogen-bond acceptors (Lipinski definition) is 2. The molecular formula is C18H16ClNO2. The van der Waals surface area contributed by atoms with Crippen LogP contribution in [0.3, 0.4) is 0 Å². The van der Waals surface area contributed by atoms with Crippen molar-refractivity contribution in [2.45, 2.75) is 13.8 Å². The number of rotatable bonds is 3. The van der Waals surface area contributed by atoms with Gasteiger partial charge in [0.2, 0.25) is 0 Å². The number of aldehydes is 1. The average Bonchev–Trinajstić information content (AvgIpc) is 2.85. The Morgan fingerprint density at radius 2 is 1.95 bits per heavy atom. The lowest BCUT2D eigenvalue weighted by atomic mass is 10.0. The van der Waals surface area contributed by atoms with Crippen LogP contribution in [0, 0.1) is 13.8 Å². The minimum atomic E-state index is 0.517. The van der Waals surface area contributed by atoms with E-state index in [0.717, 1.165) is 39.6 Å². The molecule has 0 atom stereocenters. The molecule has 112 valence electrons. The molecule has 0 unspecified atom stereocenters. The van der Waals surface area contributed by atoms with Crippen LogP contribution in [-0.2, 0) is 0 Å². The van der Waals surface area contributed by atoms with Gasteiger partial charge >= 0.3 is 0 Å². The zero-order chi connectivity index (χ0) is 15.9. The summed E-state index contributed by atoms with van der Waals surface area (Å²) in [6, 6.07) is 9.62. The molecule has 0 saturated heterocycles. The standard InChI is InChI=1S/C18H16ClNO2/c1-10-6-11(2)17-13(7-10)14(9-21)18(20-17)12-4-5-16(22-3)15(19)8-12/h4-9,20H,1-3H3. The predicted molar refractivity (Wildman–Crippen MR) is 90.2 cm³/mol. The predicted octanol–water partition coefficient (Wildman–Crippen LogP) is 4.93. The van der Waals surface area contributed by atoms with E-state index >= 15 is 0 Å². The van der Waals surface area contributed by atoms with Crippen LogP contribution in [0.15, 0.2) is 30.3 Å². The first-order valence-corrected chi connectivity index (χ1v) is 7.35. The van der Waals surface area contributed by atoms with Crippen molar-refractivity contribution in [3.8, 4) is 17.0 Å². The normalized spacial score (nSPS) is 10.9. The second kappa shape index (κ2) is 5.50. The molecular weight excluding hydrogens is 298 g/mol. The van der Waals surface area contributed by atoms with E-state index in [1.165, 1.54) is 0 Å². The molecule has 22 heavy (non-hydrogen) atoms. The molecule has 3 rings (SSSR count). The lowest BCUT2D eigenvalue weighted by Crippen LogP contribution is -1.88. The smallest absolute Gasteiger partial charge is 0.152 e. The highest BCUT2D eigenvalue weighted by atomic mass is 35.5. The number of ether oxygens (including phenoxy) is 1. The quantitative estimate of drug-likeness (QED) is 0.697. The summed E-state index contributed by atoms with van der Waals surface area (Å²) in [4.78, 5) is 15.0. The van der Waals surface area contributed by atoms with Gasteiger partial charge in [-0.05, 0) is 43.7 Å². The first-order chi connectivity index (χ1) is 10.5. The highest BCUT2D eigenvalue weighted by Crippen LogP contribution is 2.35. The summed E-state index contributed by atoms with van der Waals surface area (Å²) in [6.07, 6.45) is 0.894. The number of aryl methyl sites for hydroxylation is 2. The molecule has 3 aromatic rings. The van der Waals surface area contributed by atoms with Crippen molar-refractivity contribution >= 4 is 28.8 Å². The van der Waals surface area contributed by atoms with Gasteiger partial charge in [-0.3, -0.25) is 4.79 Å². The van der Waals surface area contributed by atoms with Crippen molar-refractivity contribution in [2.75, 3.05) is 7.11 Å². The third-order valence-corrected chi connectivity index (χ3v) is 4.14. The van der Waals surface area contributed by atoms with E-state index in [9.17, 15) is 4.79 Å². The van der Waals surface area contributed by atoms with E-state index in [1.54, 1.807) is 19.2 Å². The maximum atomic E-state index is 11.6. The van der Waals surface area contributed by atoms with E-state index in [0.29, 0.717) is 16.3 Å². The summed E-state index contributed by atoms with van der Waals surface area (Å²) in [5.41, 5.74) is 5.53. The molecule has 3 nitrogen and oxygen atoms in total. The van der Waals surface area contributed by atoms with Crippen molar-refractivity contribution in [1.29, 1.82) is 0 Å². The molecule has 0 fully saturated rings. The van der Waals surface area contributed by atoms with Crippen LogP contribution in [-0.4, -0.2) is 18.4 Å². The third kappa shape index (κ3) is 2.28.